The Balaban J connectivity index is 0.000000208. The largest absolute Gasteiger partial charge is 0.504 e. The summed E-state index contributed by atoms with van der Waals surface area (Å²) in [6.07, 6.45) is 0. The molecule has 6 aromatic rings. The minimum absolute atomic E-state index is 0.0253. The topological polar surface area (TPSA) is 141 Å². The van der Waals surface area contributed by atoms with Crippen molar-refractivity contribution in [3.8, 4) is 34.5 Å². The maximum atomic E-state index is 11.9. The second-order valence-corrected chi connectivity index (χ2v) is 11.9. The van der Waals surface area contributed by atoms with Crippen molar-refractivity contribution in [1.82, 2.24) is 0 Å². The highest BCUT2D eigenvalue weighted by atomic mass is 16.5. The molecule has 10 nitrogen and oxygen atoms in total. The lowest BCUT2D eigenvalue weighted by Crippen LogP contribution is -2.06. The van der Waals surface area contributed by atoms with Crippen LogP contribution in [0.4, 0.5) is 0 Å². The van der Waals surface area contributed by atoms with E-state index in [1.807, 2.05) is 121 Å². The highest BCUT2D eigenvalue weighted by Gasteiger charge is 2.22. The molecular weight excluding hydrogens is 688 g/mol. The molecule has 0 atom stereocenters. The summed E-state index contributed by atoms with van der Waals surface area (Å²) < 4.78 is 27.9. The Hall–Kier alpha value is -6.94. The van der Waals surface area contributed by atoms with Crippen molar-refractivity contribution in [2.45, 2.75) is 33.4 Å². The van der Waals surface area contributed by atoms with E-state index in [1.54, 1.807) is 0 Å². The van der Waals surface area contributed by atoms with Gasteiger partial charge in [-0.1, -0.05) is 121 Å². The number of phenolic OH excluding ortho intramolecular Hbond substituents is 2. The molecule has 0 bridgehead atoms. The predicted molar refractivity (Wildman–Crippen MR) is 202 cm³/mol. The third-order valence-electron chi connectivity index (χ3n) is 8.09. The Morgan fingerprint density at radius 1 is 0.537 bits per heavy atom. The van der Waals surface area contributed by atoms with E-state index in [9.17, 15) is 24.9 Å². The standard InChI is InChI=1S/2C22H20O5/c1-25-22(24)18-12-19(23)21(27-15-17-10-6-3-7-11-17)20(13-18)26-14-16-8-4-2-5-9-16;1-15-18(22(24)25)12-19(26-13-16-8-4-2-5-9-16)21(20(15)23)27-14-17-10-6-3-7-11-17/h2-13,23H,14-15H2,1H3;2-12,23H,13-14H2,1H3,(H,24,25). The zero-order valence-corrected chi connectivity index (χ0v) is 29.8. The van der Waals surface area contributed by atoms with E-state index in [4.69, 9.17) is 23.7 Å². The number of ether oxygens (including phenoxy) is 5. The predicted octanol–water partition coefficient (Wildman–Crippen LogP) is 8.89. The second-order valence-electron chi connectivity index (χ2n) is 11.9. The van der Waals surface area contributed by atoms with Crippen LogP contribution in [0.5, 0.6) is 34.5 Å². The summed E-state index contributed by atoms with van der Waals surface area (Å²) in [6.45, 7) is 2.52. The van der Waals surface area contributed by atoms with Crippen molar-refractivity contribution in [1.29, 1.82) is 0 Å². The van der Waals surface area contributed by atoms with E-state index in [0.717, 1.165) is 22.3 Å². The minimum atomic E-state index is -1.14. The van der Waals surface area contributed by atoms with Gasteiger partial charge in [0.15, 0.2) is 23.0 Å². The summed E-state index contributed by atoms with van der Waals surface area (Å²) in [5, 5.41) is 30.3. The minimum Gasteiger partial charge on any atom is -0.504 e. The van der Waals surface area contributed by atoms with Gasteiger partial charge in [0.1, 0.15) is 26.4 Å². The molecule has 0 saturated carbocycles. The van der Waals surface area contributed by atoms with Gasteiger partial charge in [0.2, 0.25) is 11.5 Å². The van der Waals surface area contributed by atoms with Crippen molar-refractivity contribution in [2.24, 2.45) is 0 Å². The van der Waals surface area contributed by atoms with Crippen LogP contribution in [0.15, 0.2) is 140 Å². The molecule has 0 spiro atoms. The Morgan fingerprint density at radius 3 is 1.33 bits per heavy atom. The molecule has 0 fully saturated rings. The Kier molecular flexibility index (Phi) is 13.5. The number of esters is 1. The molecule has 6 rings (SSSR count). The number of aromatic hydroxyl groups is 2. The van der Waals surface area contributed by atoms with Crippen LogP contribution in [0.25, 0.3) is 0 Å². The number of rotatable bonds is 14. The van der Waals surface area contributed by atoms with E-state index >= 15 is 0 Å². The van der Waals surface area contributed by atoms with Gasteiger partial charge in [-0.25, -0.2) is 9.59 Å². The summed E-state index contributed by atoms with van der Waals surface area (Å²) in [6, 6.07) is 42.3. The van der Waals surface area contributed by atoms with Crippen LogP contribution in [0.3, 0.4) is 0 Å². The summed E-state index contributed by atoms with van der Waals surface area (Å²) >= 11 is 0. The molecule has 0 heterocycles. The molecule has 6 aromatic carbocycles. The van der Waals surface area contributed by atoms with E-state index in [2.05, 4.69) is 0 Å². The average molecular weight is 729 g/mol. The number of phenols is 2. The fraction of sp³-hybridized carbons (Fsp3) is 0.136. The first-order chi connectivity index (χ1) is 26.2. The molecule has 0 radical (unpaired) electrons. The van der Waals surface area contributed by atoms with Crippen LogP contribution in [-0.2, 0) is 31.2 Å². The lowest BCUT2D eigenvalue weighted by molar-refractivity contribution is 0.0598. The van der Waals surface area contributed by atoms with Crippen molar-refractivity contribution >= 4 is 11.9 Å². The van der Waals surface area contributed by atoms with Crippen molar-refractivity contribution in [2.75, 3.05) is 7.11 Å². The van der Waals surface area contributed by atoms with Gasteiger partial charge in [-0.05, 0) is 47.4 Å². The number of carboxylic acids is 1. The zero-order valence-electron chi connectivity index (χ0n) is 29.8. The summed E-state index contributed by atoms with van der Waals surface area (Å²) in [5.74, 6) is -1.33. The molecule has 276 valence electrons. The fourth-order valence-corrected chi connectivity index (χ4v) is 5.19. The van der Waals surface area contributed by atoms with E-state index in [1.165, 1.54) is 32.2 Å². The van der Waals surface area contributed by atoms with E-state index in [-0.39, 0.29) is 77.6 Å². The first-order valence-corrected chi connectivity index (χ1v) is 17.0. The van der Waals surface area contributed by atoms with Gasteiger partial charge >= 0.3 is 11.9 Å². The van der Waals surface area contributed by atoms with Crippen LogP contribution in [0.1, 0.15) is 48.5 Å². The molecule has 0 saturated heterocycles. The van der Waals surface area contributed by atoms with Gasteiger partial charge in [-0.3, -0.25) is 0 Å². The van der Waals surface area contributed by atoms with Gasteiger partial charge in [0.25, 0.3) is 0 Å². The monoisotopic (exact) mass is 728 g/mol. The number of hydrogen-bond acceptors (Lipinski definition) is 9. The van der Waals surface area contributed by atoms with Crippen molar-refractivity contribution in [3.05, 3.63) is 178 Å². The first kappa shape index (κ1) is 38.3. The second kappa shape index (κ2) is 19.1. The number of methoxy groups -OCH3 is 1. The number of carbonyl (C=O) groups is 2. The smallest absolute Gasteiger partial charge is 0.338 e. The maximum absolute atomic E-state index is 11.9. The zero-order chi connectivity index (χ0) is 38.3. The molecule has 0 aromatic heterocycles. The lowest BCUT2D eigenvalue weighted by atomic mass is 10.1. The van der Waals surface area contributed by atoms with Crippen LogP contribution >= 0.6 is 0 Å². The van der Waals surface area contributed by atoms with Crippen molar-refractivity contribution in [3.63, 3.8) is 0 Å². The van der Waals surface area contributed by atoms with E-state index in [0.29, 0.717) is 0 Å². The molecule has 0 aliphatic heterocycles. The van der Waals surface area contributed by atoms with Crippen molar-refractivity contribution < 1.29 is 48.6 Å². The average Bonchev–Trinajstić information content (AvgIpc) is 3.21. The Morgan fingerprint density at radius 2 is 0.926 bits per heavy atom. The molecule has 10 heteroatoms. The normalized spacial score (nSPS) is 10.3. The molecule has 0 unspecified atom stereocenters. The highest BCUT2D eigenvalue weighted by molar-refractivity contribution is 5.92. The van der Waals surface area contributed by atoms with Gasteiger partial charge < -0.3 is 39.0 Å². The SMILES string of the molecule is COC(=O)c1cc(O)c(OCc2ccccc2)c(OCc2ccccc2)c1.Cc1c(C(=O)O)cc(OCc2ccccc2)c(OCc2ccccc2)c1O. The van der Waals surface area contributed by atoms with Gasteiger partial charge in [0, 0.05) is 5.56 Å². The number of carbonyl (C=O) groups excluding carboxylic acids is 1. The van der Waals surface area contributed by atoms with Crippen LogP contribution in [0.2, 0.25) is 0 Å². The molecule has 0 aliphatic carbocycles. The summed E-state index contributed by atoms with van der Waals surface area (Å²) in [4.78, 5) is 23.3. The third-order valence-corrected chi connectivity index (χ3v) is 8.09. The lowest BCUT2D eigenvalue weighted by Gasteiger charge is -2.17. The van der Waals surface area contributed by atoms with Gasteiger partial charge in [0.05, 0.1) is 18.2 Å². The fourth-order valence-electron chi connectivity index (χ4n) is 5.19. The Bertz CT molecular complexity index is 2120. The Labute approximate surface area is 313 Å². The first-order valence-electron chi connectivity index (χ1n) is 17.0. The summed E-state index contributed by atoms with van der Waals surface area (Å²) in [5.41, 5.74) is 4.14. The number of carboxylic acid groups (broad SMARTS) is 1. The van der Waals surface area contributed by atoms with Gasteiger partial charge in [-0.2, -0.15) is 0 Å². The van der Waals surface area contributed by atoms with E-state index < -0.39 is 11.9 Å². The quantitative estimate of drug-likeness (QED) is 0.0932. The van der Waals surface area contributed by atoms with Crippen LogP contribution < -0.4 is 18.9 Å². The molecular formula is C44H40O10. The third kappa shape index (κ3) is 10.5. The number of aromatic carboxylic acids is 1. The van der Waals surface area contributed by atoms with Crippen LogP contribution in [-0.4, -0.2) is 34.4 Å². The molecule has 3 N–H and O–H groups in total. The molecule has 54 heavy (non-hydrogen) atoms. The summed E-state index contributed by atoms with van der Waals surface area (Å²) in [7, 11) is 1.28. The van der Waals surface area contributed by atoms with Crippen LogP contribution in [0, 0.1) is 6.92 Å². The molecule has 0 amide bonds. The number of hydrogen-bond donors (Lipinski definition) is 3. The maximum Gasteiger partial charge on any atom is 0.338 e. The molecule has 0 aliphatic rings. The van der Waals surface area contributed by atoms with Gasteiger partial charge in [-0.15, -0.1) is 0 Å². The highest BCUT2D eigenvalue weighted by Crippen LogP contribution is 2.42. The number of benzene rings is 6.